The number of carbonyl (C=O) groups is 1. The number of allylic oxidation sites excluding steroid dienone is 3. The van der Waals surface area contributed by atoms with Gasteiger partial charge in [-0.2, -0.15) is 8.42 Å². The normalized spacial score (nSPS) is 18.8. The number of hydrogen-bond donors (Lipinski definition) is 0. The smallest absolute Gasteiger partial charge is 0.325 e. The first kappa shape index (κ1) is 12.6. The van der Waals surface area contributed by atoms with Crippen molar-refractivity contribution < 1.29 is 22.2 Å². The molecule has 0 aromatic heterocycles. The molecule has 0 atom stereocenters. The summed E-state index contributed by atoms with van der Waals surface area (Å²) in [4.78, 5) is 11.3. The number of ether oxygens (including phenoxy) is 1. The first-order valence-corrected chi connectivity index (χ1v) is 6.12. The molecule has 0 aromatic carbocycles. The molecule has 0 aromatic rings. The van der Waals surface area contributed by atoms with E-state index in [1.54, 1.807) is 0 Å². The van der Waals surface area contributed by atoms with E-state index in [1.807, 2.05) is 0 Å². The first-order valence-electron chi connectivity index (χ1n) is 4.31. The molecule has 0 amide bonds. The SMILES string of the molecule is COCC1=CC(=NOS(C)(=O)=O)C=CC1=O. The molecule has 0 bridgehead atoms. The Labute approximate surface area is 93.3 Å². The number of oxime groups is 1. The van der Waals surface area contributed by atoms with Crippen LogP contribution in [0.1, 0.15) is 0 Å². The molecule has 7 heteroatoms. The van der Waals surface area contributed by atoms with E-state index in [1.165, 1.54) is 25.3 Å². The fourth-order valence-corrected chi connectivity index (χ4v) is 1.22. The van der Waals surface area contributed by atoms with Gasteiger partial charge in [0.05, 0.1) is 12.9 Å². The largest absolute Gasteiger partial charge is 0.380 e. The van der Waals surface area contributed by atoms with Gasteiger partial charge in [0.1, 0.15) is 5.71 Å². The van der Waals surface area contributed by atoms with Crippen molar-refractivity contribution >= 4 is 21.6 Å². The third kappa shape index (κ3) is 3.95. The summed E-state index contributed by atoms with van der Waals surface area (Å²) in [5.41, 5.74) is 0.637. The zero-order valence-electron chi connectivity index (χ0n) is 8.84. The van der Waals surface area contributed by atoms with Crippen molar-refractivity contribution in [3.63, 3.8) is 0 Å². The van der Waals surface area contributed by atoms with E-state index in [4.69, 9.17) is 4.74 Å². The van der Waals surface area contributed by atoms with E-state index in [2.05, 4.69) is 9.44 Å². The van der Waals surface area contributed by atoms with Crippen LogP contribution in [0.3, 0.4) is 0 Å². The van der Waals surface area contributed by atoms with Crippen LogP contribution in [0.15, 0.2) is 29.0 Å². The van der Waals surface area contributed by atoms with Crippen molar-refractivity contribution in [2.75, 3.05) is 20.0 Å². The average Bonchev–Trinajstić information content (AvgIpc) is 2.18. The molecule has 0 fully saturated rings. The standard InChI is InChI=1S/C9H11NO5S/c1-14-6-7-5-8(3-4-9(7)11)10-15-16(2,12)13/h3-5H,6H2,1-2H3. The summed E-state index contributed by atoms with van der Waals surface area (Å²) in [6, 6.07) is 0. The van der Waals surface area contributed by atoms with E-state index >= 15 is 0 Å². The summed E-state index contributed by atoms with van der Waals surface area (Å²) in [5, 5.41) is 3.38. The van der Waals surface area contributed by atoms with Crippen LogP contribution in [0.25, 0.3) is 0 Å². The van der Waals surface area contributed by atoms with Crippen molar-refractivity contribution in [1.82, 2.24) is 0 Å². The Balaban J connectivity index is 2.84. The topological polar surface area (TPSA) is 82.0 Å². The molecule has 88 valence electrons. The summed E-state index contributed by atoms with van der Waals surface area (Å²) in [6.45, 7) is 0.140. The van der Waals surface area contributed by atoms with Gasteiger partial charge in [0.25, 0.3) is 0 Å². The quantitative estimate of drug-likeness (QED) is 0.515. The van der Waals surface area contributed by atoms with Crippen molar-refractivity contribution in [3.05, 3.63) is 23.8 Å². The van der Waals surface area contributed by atoms with Crippen molar-refractivity contribution in [3.8, 4) is 0 Å². The molecule has 1 rings (SSSR count). The lowest BCUT2D eigenvalue weighted by Gasteiger charge is -2.06. The number of methoxy groups -OCH3 is 1. The second-order valence-corrected chi connectivity index (χ2v) is 4.65. The molecule has 0 radical (unpaired) electrons. The molecular weight excluding hydrogens is 234 g/mol. The number of rotatable bonds is 4. The van der Waals surface area contributed by atoms with Crippen molar-refractivity contribution in [2.24, 2.45) is 5.16 Å². The Bertz CT molecular complexity index is 472. The van der Waals surface area contributed by atoms with Gasteiger partial charge in [0.2, 0.25) is 0 Å². The first-order chi connectivity index (χ1) is 7.42. The molecule has 6 nitrogen and oxygen atoms in total. The molecule has 0 N–H and O–H groups in total. The molecule has 0 aliphatic heterocycles. The fourth-order valence-electron chi connectivity index (χ4n) is 1.00. The molecule has 0 spiro atoms. The third-order valence-electron chi connectivity index (χ3n) is 1.62. The Kier molecular flexibility index (Phi) is 3.97. The van der Waals surface area contributed by atoms with Crippen molar-refractivity contribution in [2.45, 2.75) is 0 Å². The molecule has 0 saturated carbocycles. The van der Waals surface area contributed by atoms with Gasteiger partial charge >= 0.3 is 10.1 Å². The minimum absolute atomic E-state index is 0.140. The fraction of sp³-hybridized carbons (Fsp3) is 0.333. The predicted octanol–water partition coefficient (Wildman–Crippen LogP) is 0.0303. The predicted molar refractivity (Wildman–Crippen MR) is 57.5 cm³/mol. The molecule has 1 aliphatic rings. The number of ketones is 1. The monoisotopic (exact) mass is 245 g/mol. The minimum atomic E-state index is -3.63. The maximum absolute atomic E-state index is 11.3. The second kappa shape index (κ2) is 5.04. The van der Waals surface area contributed by atoms with Crippen molar-refractivity contribution in [1.29, 1.82) is 0 Å². The Hall–Kier alpha value is -1.47. The van der Waals surface area contributed by atoms with Crippen LogP contribution in [0.2, 0.25) is 0 Å². The van der Waals surface area contributed by atoms with E-state index < -0.39 is 10.1 Å². The second-order valence-electron chi connectivity index (χ2n) is 3.09. The number of carbonyl (C=O) groups excluding carboxylic acids is 1. The highest BCUT2D eigenvalue weighted by Gasteiger charge is 2.12. The summed E-state index contributed by atoms with van der Waals surface area (Å²) >= 11 is 0. The molecule has 0 heterocycles. The van der Waals surface area contributed by atoms with E-state index in [0.717, 1.165) is 6.26 Å². The van der Waals surface area contributed by atoms with Gasteiger partial charge in [-0.3, -0.25) is 9.08 Å². The average molecular weight is 245 g/mol. The summed E-state index contributed by atoms with van der Waals surface area (Å²) < 4.78 is 30.4. The van der Waals surface area contributed by atoms with Gasteiger partial charge in [0.15, 0.2) is 5.78 Å². The Morgan fingerprint density at radius 2 is 2.06 bits per heavy atom. The van der Waals surface area contributed by atoms with Gasteiger partial charge in [-0.15, -0.1) is 0 Å². The van der Waals surface area contributed by atoms with Gasteiger partial charge in [0, 0.05) is 12.7 Å². The maximum Gasteiger partial charge on any atom is 0.325 e. The van der Waals surface area contributed by atoms with E-state index in [-0.39, 0.29) is 18.1 Å². The van der Waals surface area contributed by atoms with Crippen LogP contribution >= 0.6 is 0 Å². The minimum Gasteiger partial charge on any atom is -0.380 e. The van der Waals surface area contributed by atoms with Crippen LogP contribution in [-0.4, -0.2) is 39.9 Å². The number of nitrogens with zero attached hydrogens (tertiary/aromatic N) is 1. The van der Waals surface area contributed by atoms with E-state index in [0.29, 0.717) is 5.57 Å². The lowest BCUT2D eigenvalue weighted by molar-refractivity contribution is -0.111. The van der Waals surface area contributed by atoms with E-state index in [9.17, 15) is 13.2 Å². The summed E-state index contributed by atoms with van der Waals surface area (Å²) in [5.74, 6) is -0.194. The van der Waals surface area contributed by atoms with Gasteiger partial charge in [-0.05, 0) is 18.2 Å². The highest BCUT2D eigenvalue weighted by atomic mass is 32.2. The van der Waals surface area contributed by atoms with Gasteiger partial charge in [-0.1, -0.05) is 5.16 Å². The molecule has 16 heavy (non-hydrogen) atoms. The Morgan fingerprint density at radius 1 is 1.38 bits per heavy atom. The van der Waals surface area contributed by atoms with Crippen LogP contribution in [0.4, 0.5) is 0 Å². The zero-order chi connectivity index (χ0) is 12.2. The summed E-state index contributed by atoms with van der Waals surface area (Å²) in [6.07, 6.45) is 4.94. The van der Waals surface area contributed by atoms with Crippen LogP contribution in [0, 0.1) is 0 Å². The van der Waals surface area contributed by atoms with Gasteiger partial charge in [-0.25, -0.2) is 0 Å². The number of hydrogen-bond acceptors (Lipinski definition) is 6. The lowest BCUT2D eigenvalue weighted by Crippen LogP contribution is -2.12. The molecular formula is C9H11NO5S. The van der Waals surface area contributed by atoms with Crippen LogP contribution < -0.4 is 0 Å². The highest BCUT2D eigenvalue weighted by Crippen LogP contribution is 2.07. The van der Waals surface area contributed by atoms with Gasteiger partial charge < -0.3 is 4.74 Å². The molecule has 1 aliphatic carbocycles. The molecule has 0 saturated heterocycles. The Morgan fingerprint density at radius 3 is 2.62 bits per heavy atom. The van der Waals surface area contributed by atoms with Crippen LogP contribution in [-0.2, 0) is 23.9 Å². The highest BCUT2D eigenvalue weighted by molar-refractivity contribution is 7.85. The lowest BCUT2D eigenvalue weighted by atomic mass is 10.0. The van der Waals surface area contributed by atoms with Crippen LogP contribution in [0.5, 0.6) is 0 Å². The summed E-state index contributed by atoms with van der Waals surface area (Å²) in [7, 11) is -2.18. The third-order valence-corrected chi connectivity index (χ3v) is 1.97. The maximum atomic E-state index is 11.3. The molecule has 0 unspecified atom stereocenters. The zero-order valence-corrected chi connectivity index (χ0v) is 9.65.